The van der Waals surface area contributed by atoms with Crippen molar-refractivity contribution in [2.24, 2.45) is 0 Å². The Morgan fingerprint density at radius 3 is 2.19 bits per heavy atom. The molecule has 0 unspecified atom stereocenters. The normalized spacial score (nSPS) is 11.2. The molecule has 0 aliphatic carbocycles. The Bertz CT molecular complexity index is 534. The molecule has 0 aromatic heterocycles. The van der Waals surface area contributed by atoms with Gasteiger partial charge in [-0.05, 0) is 36.6 Å². The van der Waals surface area contributed by atoms with Crippen molar-refractivity contribution in [3.05, 3.63) is 35.9 Å². The Morgan fingerprint density at radius 1 is 1.00 bits per heavy atom. The third-order valence-corrected chi connectivity index (χ3v) is 4.68. The zero-order valence-electron chi connectivity index (χ0n) is 16.6. The zero-order chi connectivity index (χ0) is 19.0. The second-order valence-electron chi connectivity index (χ2n) is 7.01. The van der Waals surface area contributed by atoms with Crippen molar-refractivity contribution in [1.82, 2.24) is 0 Å². The van der Waals surface area contributed by atoms with Gasteiger partial charge in [-0.2, -0.15) is 0 Å². The lowest BCUT2D eigenvalue weighted by molar-refractivity contribution is -0.114. The highest BCUT2D eigenvalue weighted by Crippen LogP contribution is 2.26. The van der Waals surface area contributed by atoms with E-state index < -0.39 is 0 Å². The number of ketones is 1. The Kier molecular flexibility index (Phi) is 12.3. The Labute approximate surface area is 159 Å². The molecular formula is C23H36O3. The van der Waals surface area contributed by atoms with Gasteiger partial charge in [0.05, 0.1) is 7.11 Å². The highest BCUT2D eigenvalue weighted by molar-refractivity contribution is 5.89. The largest absolute Gasteiger partial charge is 0.504 e. The number of carbonyl (C=O) groups is 1. The van der Waals surface area contributed by atoms with Gasteiger partial charge in [0, 0.05) is 6.42 Å². The summed E-state index contributed by atoms with van der Waals surface area (Å²) in [7, 11) is 1.53. The van der Waals surface area contributed by atoms with Crippen molar-refractivity contribution >= 4 is 5.78 Å². The van der Waals surface area contributed by atoms with E-state index in [9.17, 15) is 9.90 Å². The first-order valence-corrected chi connectivity index (χ1v) is 10.2. The number of phenolic OH excluding ortho intramolecular Hbond substituents is 1. The Balaban J connectivity index is 2.06. The average Bonchev–Trinajstić information content (AvgIpc) is 2.63. The first-order chi connectivity index (χ1) is 12.7. The number of hydrogen-bond donors (Lipinski definition) is 1. The van der Waals surface area contributed by atoms with Gasteiger partial charge in [-0.25, -0.2) is 0 Å². The third kappa shape index (κ3) is 10.3. The van der Waals surface area contributed by atoms with E-state index in [4.69, 9.17) is 4.74 Å². The summed E-state index contributed by atoms with van der Waals surface area (Å²) in [4.78, 5) is 11.9. The summed E-state index contributed by atoms with van der Waals surface area (Å²) >= 11 is 0. The van der Waals surface area contributed by atoms with Gasteiger partial charge in [0.15, 0.2) is 17.3 Å². The van der Waals surface area contributed by atoms with Gasteiger partial charge < -0.3 is 9.84 Å². The lowest BCUT2D eigenvalue weighted by Gasteiger charge is -2.04. The fourth-order valence-electron chi connectivity index (χ4n) is 3.06. The summed E-state index contributed by atoms with van der Waals surface area (Å²) < 4.78 is 5.02. The molecule has 26 heavy (non-hydrogen) atoms. The number of methoxy groups -OCH3 is 1. The highest BCUT2D eigenvalue weighted by Gasteiger charge is 2.02. The number of phenols is 1. The summed E-state index contributed by atoms with van der Waals surface area (Å²) in [6.07, 6.45) is 17.7. The van der Waals surface area contributed by atoms with E-state index in [0.29, 0.717) is 18.6 Å². The number of benzene rings is 1. The van der Waals surface area contributed by atoms with E-state index in [0.717, 1.165) is 18.4 Å². The van der Waals surface area contributed by atoms with E-state index in [-0.39, 0.29) is 11.5 Å². The lowest BCUT2D eigenvalue weighted by atomic mass is 10.0. The van der Waals surface area contributed by atoms with Crippen LogP contribution < -0.4 is 4.74 Å². The Morgan fingerprint density at radius 2 is 1.62 bits per heavy atom. The maximum atomic E-state index is 11.9. The maximum absolute atomic E-state index is 11.9. The highest BCUT2D eigenvalue weighted by atomic mass is 16.5. The SMILES string of the molecule is CCCCCCCCCCCCC(=O)C=CCc1ccc(OC)c(O)c1. The molecule has 0 fully saturated rings. The summed E-state index contributed by atoms with van der Waals surface area (Å²) in [6, 6.07) is 5.32. The first-order valence-electron chi connectivity index (χ1n) is 10.2. The summed E-state index contributed by atoms with van der Waals surface area (Å²) in [5, 5.41) is 9.74. The van der Waals surface area contributed by atoms with Gasteiger partial charge in [-0.1, -0.05) is 76.9 Å². The number of hydrogen-bond acceptors (Lipinski definition) is 3. The van der Waals surface area contributed by atoms with E-state index in [1.54, 1.807) is 18.2 Å². The minimum Gasteiger partial charge on any atom is -0.504 e. The number of aromatic hydroxyl groups is 1. The van der Waals surface area contributed by atoms with Crippen LogP contribution in [0.1, 0.15) is 83.1 Å². The minimum absolute atomic E-state index is 0.134. The van der Waals surface area contributed by atoms with Gasteiger partial charge in [0.2, 0.25) is 0 Å². The van der Waals surface area contributed by atoms with Gasteiger partial charge in [0.1, 0.15) is 0 Å². The maximum Gasteiger partial charge on any atom is 0.160 e. The van der Waals surface area contributed by atoms with Gasteiger partial charge >= 0.3 is 0 Å². The van der Waals surface area contributed by atoms with Crippen molar-refractivity contribution in [3.8, 4) is 11.5 Å². The van der Waals surface area contributed by atoms with Crippen LogP contribution in [0.25, 0.3) is 0 Å². The number of ether oxygens (including phenoxy) is 1. The first kappa shape index (κ1) is 22.3. The van der Waals surface area contributed by atoms with Gasteiger partial charge in [-0.15, -0.1) is 0 Å². The van der Waals surface area contributed by atoms with Gasteiger partial charge in [0.25, 0.3) is 0 Å². The zero-order valence-corrected chi connectivity index (χ0v) is 16.6. The molecule has 0 bridgehead atoms. The van der Waals surface area contributed by atoms with Crippen molar-refractivity contribution in [2.45, 2.75) is 84.0 Å². The second-order valence-corrected chi connectivity index (χ2v) is 7.01. The quantitative estimate of drug-likeness (QED) is 0.291. The molecule has 3 nitrogen and oxygen atoms in total. The van der Waals surface area contributed by atoms with Crippen LogP contribution in [0.15, 0.2) is 30.4 Å². The predicted molar refractivity (Wildman–Crippen MR) is 109 cm³/mol. The number of carbonyl (C=O) groups excluding carboxylic acids is 1. The van der Waals surface area contributed by atoms with E-state index in [2.05, 4.69) is 6.92 Å². The molecule has 1 aromatic carbocycles. The molecule has 0 saturated carbocycles. The molecule has 0 heterocycles. The number of unbranched alkanes of at least 4 members (excludes halogenated alkanes) is 9. The molecule has 0 amide bonds. The van der Waals surface area contributed by atoms with Crippen LogP contribution in [-0.4, -0.2) is 18.0 Å². The van der Waals surface area contributed by atoms with E-state index in [1.165, 1.54) is 58.5 Å². The fourth-order valence-corrected chi connectivity index (χ4v) is 3.06. The van der Waals surface area contributed by atoms with Crippen molar-refractivity contribution < 1.29 is 14.6 Å². The van der Waals surface area contributed by atoms with Crippen LogP contribution in [0.3, 0.4) is 0 Å². The van der Waals surface area contributed by atoms with Crippen LogP contribution in [0.5, 0.6) is 11.5 Å². The third-order valence-electron chi connectivity index (χ3n) is 4.68. The summed E-state index contributed by atoms with van der Waals surface area (Å²) in [5.74, 6) is 0.798. The fraction of sp³-hybridized carbons (Fsp3) is 0.609. The smallest absolute Gasteiger partial charge is 0.160 e. The molecule has 1 aromatic rings. The topological polar surface area (TPSA) is 46.5 Å². The van der Waals surface area contributed by atoms with Crippen molar-refractivity contribution in [1.29, 1.82) is 0 Å². The molecule has 0 aliphatic heterocycles. The Hall–Kier alpha value is -1.77. The number of allylic oxidation sites excluding steroid dienone is 2. The summed E-state index contributed by atoms with van der Waals surface area (Å²) in [5.41, 5.74) is 0.964. The molecule has 0 spiro atoms. The van der Waals surface area contributed by atoms with Crippen LogP contribution in [0.4, 0.5) is 0 Å². The number of rotatable bonds is 15. The molecule has 1 rings (SSSR count). The molecule has 146 valence electrons. The summed E-state index contributed by atoms with van der Waals surface area (Å²) in [6.45, 7) is 2.25. The molecular weight excluding hydrogens is 324 g/mol. The monoisotopic (exact) mass is 360 g/mol. The molecule has 3 heteroatoms. The van der Waals surface area contributed by atoms with Crippen molar-refractivity contribution in [2.75, 3.05) is 7.11 Å². The van der Waals surface area contributed by atoms with E-state index in [1.807, 2.05) is 12.1 Å². The molecule has 0 atom stereocenters. The van der Waals surface area contributed by atoms with Crippen LogP contribution in [0.2, 0.25) is 0 Å². The van der Waals surface area contributed by atoms with Crippen LogP contribution in [0, 0.1) is 0 Å². The molecule has 1 N–H and O–H groups in total. The average molecular weight is 361 g/mol. The van der Waals surface area contributed by atoms with Crippen LogP contribution >= 0.6 is 0 Å². The minimum atomic E-state index is 0.134. The van der Waals surface area contributed by atoms with E-state index >= 15 is 0 Å². The molecule has 0 aliphatic rings. The van der Waals surface area contributed by atoms with Crippen LogP contribution in [-0.2, 0) is 11.2 Å². The predicted octanol–water partition coefficient (Wildman–Crippen LogP) is 6.38. The molecule has 0 radical (unpaired) electrons. The van der Waals surface area contributed by atoms with Crippen molar-refractivity contribution in [3.63, 3.8) is 0 Å². The second kappa shape index (κ2) is 14.4. The van der Waals surface area contributed by atoms with Gasteiger partial charge in [-0.3, -0.25) is 4.79 Å². The lowest BCUT2D eigenvalue weighted by Crippen LogP contribution is -1.93. The standard InChI is InChI=1S/C23H36O3/c1-3-4-5-6-7-8-9-10-11-12-15-21(24)16-13-14-20-17-18-23(26-2)22(25)19-20/h13,16-19,25H,3-12,14-15H2,1-2H3. The molecule has 0 saturated heterocycles.